The van der Waals surface area contributed by atoms with Crippen molar-refractivity contribution < 1.29 is 14.7 Å². The number of rotatable bonds is 3. The van der Waals surface area contributed by atoms with Crippen molar-refractivity contribution in [2.45, 2.75) is 25.8 Å². The summed E-state index contributed by atoms with van der Waals surface area (Å²) in [6.45, 7) is 2.68. The van der Waals surface area contributed by atoms with Crippen LogP contribution in [0.4, 0.5) is 0 Å². The van der Waals surface area contributed by atoms with Crippen LogP contribution in [-0.2, 0) is 4.79 Å². The van der Waals surface area contributed by atoms with Crippen LogP contribution in [0.1, 0.15) is 30.1 Å². The standard InChI is InChI=1S/C19H21N3O3/c1-13(23)21-16-7-4-10-22(12-16)19(25)15-6-2-5-14(11-15)18-17(24)8-3-9-20-18/h2-3,5-6,8-9,11,16,24H,4,7,10,12H2,1H3,(H,21,23)/t16-/m0/s1. The molecule has 6 nitrogen and oxygen atoms in total. The quantitative estimate of drug-likeness (QED) is 0.898. The minimum atomic E-state index is -0.0769. The molecule has 1 aliphatic heterocycles. The lowest BCUT2D eigenvalue weighted by molar-refractivity contribution is -0.120. The predicted octanol–water partition coefficient (Wildman–Crippen LogP) is 2.19. The van der Waals surface area contributed by atoms with Crippen molar-refractivity contribution in [2.75, 3.05) is 13.1 Å². The van der Waals surface area contributed by atoms with E-state index in [0.29, 0.717) is 29.9 Å². The molecule has 0 saturated carbocycles. The van der Waals surface area contributed by atoms with Gasteiger partial charge in [-0.2, -0.15) is 0 Å². The second kappa shape index (κ2) is 7.34. The second-order valence-electron chi connectivity index (χ2n) is 6.24. The van der Waals surface area contributed by atoms with Crippen LogP contribution in [0, 0.1) is 0 Å². The third-order valence-corrected chi connectivity index (χ3v) is 4.29. The molecule has 1 aliphatic rings. The Hall–Kier alpha value is -2.89. The van der Waals surface area contributed by atoms with Crippen LogP contribution in [0.3, 0.4) is 0 Å². The van der Waals surface area contributed by atoms with Gasteiger partial charge in [-0.05, 0) is 37.1 Å². The fraction of sp³-hybridized carbons (Fsp3) is 0.316. The van der Waals surface area contributed by atoms with Crippen molar-refractivity contribution in [3.63, 3.8) is 0 Å². The van der Waals surface area contributed by atoms with Crippen LogP contribution in [0.25, 0.3) is 11.3 Å². The fourth-order valence-electron chi connectivity index (χ4n) is 3.17. The van der Waals surface area contributed by atoms with Crippen LogP contribution in [0.15, 0.2) is 42.6 Å². The van der Waals surface area contributed by atoms with E-state index in [1.807, 2.05) is 6.07 Å². The highest BCUT2D eigenvalue weighted by atomic mass is 16.3. The van der Waals surface area contributed by atoms with Gasteiger partial charge >= 0.3 is 0 Å². The zero-order valence-electron chi connectivity index (χ0n) is 14.1. The second-order valence-corrected chi connectivity index (χ2v) is 6.24. The Morgan fingerprint density at radius 3 is 2.88 bits per heavy atom. The van der Waals surface area contributed by atoms with Crippen LogP contribution < -0.4 is 5.32 Å². The van der Waals surface area contributed by atoms with E-state index in [4.69, 9.17) is 0 Å². The number of nitrogens with one attached hydrogen (secondary N) is 1. The maximum atomic E-state index is 12.8. The number of aromatic hydroxyl groups is 1. The zero-order chi connectivity index (χ0) is 17.8. The maximum Gasteiger partial charge on any atom is 0.253 e. The highest BCUT2D eigenvalue weighted by Gasteiger charge is 2.25. The van der Waals surface area contributed by atoms with Gasteiger partial charge < -0.3 is 15.3 Å². The molecule has 1 fully saturated rings. The number of benzene rings is 1. The van der Waals surface area contributed by atoms with Gasteiger partial charge in [-0.1, -0.05) is 12.1 Å². The summed E-state index contributed by atoms with van der Waals surface area (Å²) in [4.78, 5) is 30.0. The Kier molecular flexibility index (Phi) is 4.97. The fourth-order valence-corrected chi connectivity index (χ4v) is 3.17. The van der Waals surface area contributed by atoms with Gasteiger partial charge in [-0.15, -0.1) is 0 Å². The first kappa shape index (κ1) is 17.0. The summed E-state index contributed by atoms with van der Waals surface area (Å²) in [6, 6.07) is 10.3. The minimum Gasteiger partial charge on any atom is -0.506 e. The number of nitrogens with zero attached hydrogens (tertiary/aromatic N) is 2. The molecule has 6 heteroatoms. The molecule has 2 heterocycles. The topological polar surface area (TPSA) is 82.5 Å². The number of amides is 2. The summed E-state index contributed by atoms with van der Waals surface area (Å²) in [6.07, 6.45) is 3.34. The monoisotopic (exact) mass is 339 g/mol. The van der Waals surface area contributed by atoms with E-state index >= 15 is 0 Å². The largest absolute Gasteiger partial charge is 0.506 e. The van der Waals surface area contributed by atoms with Gasteiger partial charge in [0.1, 0.15) is 11.4 Å². The molecule has 1 saturated heterocycles. The molecule has 1 aromatic carbocycles. The van der Waals surface area contributed by atoms with E-state index in [1.54, 1.807) is 41.4 Å². The predicted molar refractivity (Wildman–Crippen MR) is 94.1 cm³/mol. The first-order chi connectivity index (χ1) is 12.0. The van der Waals surface area contributed by atoms with Crippen LogP contribution in [0.2, 0.25) is 0 Å². The van der Waals surface area contributed by atoms with E-state index in [1.165, 1.54) is 6.92 Å². The van der Waals surface area contributed by atoms with E-state index in [2.05, 4.69) is 10.3 Å². The lowest BCUT2D eigenvalue weighted by Gasteiger charge is -2.33. The Morgan fingerprint density at radius 1 is 1.28 bits per heavy atom. The molecule has 2 aromatic rings. The van der Waals surface area contributed by atoms with Gasteiger partial charge in [-0.25, -0.2) is 0 Å². The molecular formula is C19H21N3O3. The molecular weight excluding hydrogens is 318 g/mol. The molecule has 0 bridgehead atoms. The van der Waals surface area contributed by atoms with Crippen molar-refractivity contribution >= 4 is 11.8 Å². The first-order valence-corrected chi connectivity index (χ1v) is 8.35. The molecule has 130 valence electrons. The molecule has 25 heavy (non-hydrogen) atoms. The SMILES string of the molecule is CC(=O)N[C@H]1CCCN(C(=O)c2cccc(-c3ncccc3O)c2)C1. The van der Waals surface area contributed by atoms with Gasteiger partial charge in [0.25, 0.3) is 5.91 Å². The van der Waals surface area contributed by atoms with Crippen LogP contribution in [-0.4, -0.2) is 45.9 Å². The first-order valence-electron chi connectivity index (χ1n) is 8.35. The lowest BCUT2D eigenvalue weighted by Crippen LogP contribution is -2.49. The van der Waals surface area contributed by atoms with Gasteiger partial charge in [-0.3, -0.25) is 14.6 Å². The highest BCUT2D eigenvalue weighted by molar-refractivity contribution is 5.95. The average molecular weight is 339 g/mol. The van der Waals surface area contributed by atoms with E-state index in [0.717, 1.165) is 12.8 Å². The number of likely N-dealkylation sites (tertiary alicyclic amines) is 1. The Balaban J connectivity index is 1.80. The van der Waals surface area contributed by atoms with Crippen molar-refractivity contribution in [1.29, 1.82) is 0 Å². The van der Waals surface area contributed by atoms with Gasteiger partial charge in [0.15, 0.2) is 0 Å². The molecule has 0 radical (unpaired) electrons. The van der Waals surface area contributed by atoms with Crippen LogP contribution in [0.5, 0.6) is 5.75 Å². The Bertz CT molecular complexity index is 791. The lowest BCUT2D eigenvalue weighted by atomic mass is 10.0. The van der Waals surface area contributed by atoms with Gasteiger partial charge in [0.2, 0.25) is 5.91 Å². The Morgan fingerprint density at radius 2 is 2.12 bits per heavy atom. The molecule has 0 aliphatic carbocycles. The molecule has 1 atom stereocenters. The third kappa shape index (κ3) is 3.96. The third-order valence-electron chi connectivity index (χ3n) is 4.29. The summed E-state index contributed by atoms with van der Waals surface area (Å²) in [7, 11) is 0. The minimum absolute atomic E-state index is 0.00165. The summed E-state index contributed by atoms with van der Waals surface area (Å²) < 4.78 is 0. The molecule has 1 aromatic heterocycles. The molecule has 2 amide bonds. The number of pyridine rings is 1. The van der Waals surface area contributed by atoms with E-state index in [9.17, 15) is 14.7 Å². The summed E-state index contributed by atoms with van der Waals surface area (Å²) in [5.74, 6) is -0.0740. The smallest absolute Gasteiger partial charge is 0.253 e. The van der Waals surface area contributed by atoms with Crippen molar-refractivity contribution in [3.05, 3.63) is 48.2 Å². The number of hydrogen-bond acceptors (Lipinski definition) is 4. The number of carbonyl (C=O) groups is 2. The van der Waals surface area contributed by atoms with Crippen molar-refractivity contribution in [1.82, 2.24) is 15.2 Å². The molecule has 2 N–H and O–H groups in total. The zero-order valence-corrected chi connectivity index (χ0v) is 14.1. The maximum absolute atomic E-state index is 12.8. The highest BCUT2D eigenvalue weighted by Crippen LogP contribution is 2.27. The number of carbonyl (C=O) groups excluding carboxylic acids is 2. The number of aromatic nitrogens is 1. The molecule has 0 spiro atoms. The summed E-state index contributed by atoms with van der Waals surface area (Å²) in [5.41, 5.74) is 1.69. The average Bonchev–Trinajstić information content (AvgIpc) is 2.61. The van der Waals surface area contributed by atoms with Crippen molar-refractivity contribution in [3.8, 4) is 17.0 Å². The van der Waals surface area contributed by atoms with Crippen molar-refractivity contribution in [2.24, 2.45) is 0 Å². The normalized spacial score (nSPS) is 17.2. The van der Waals surface area contributed by atoms with Gasteiger partial charge in [0.05, 0.1) is 0 Å². The molecule has 3 rings (SSSR count). The van der Waals surface area contributed by atoms with Gasteiger partial charge in [0, 0.05) is 43.4 Å². The number of hydrogen-bond donors (Lipinski definition) is 2. The summed E-state index contributed by atoms with van der Waals surface area (Å²) in [5, 5.41) is 12.8. The van der Waals surface area contributed by atoms with E-state index < -0.39 is 0 Å². The Labute approximate surface area is 146 Å². The molecule has 0 unspecified atom stereocenters. The summed E-state index contributed by atoms with van der Waals surface area (Å²) >= 11 is 0. The van der Waals surface area contributed by atoms with Crippen LogP contribution >= 0.6 is 0 Å². The van der Waals surface area contributed by atoms with E-state index in [-0.39, 0.29) is 23.6 Å². The number of piperidine rings is 1.